The summed E-state index contributed by atoms with van der Waals surface area (Å²) in [6.07, 6.45) is 1.31. The summed E-state index contributed by atoms with van der Waals surface area (Å²) < 4.78 is 0. The van der Waals surface area contributed by atoms with E-state index in [1.54, 1.807) is 0 Å². The van der Waals surface area contributed by atoms with E-state index in [1.807, 2.05) is 12.1 Å². The van der Waals surface area contributed by atoms with Gasteiger partial charge < -0.3 is 11.1 Å². The second kappa shape index (κ2) is 3.60. The third-order valence-corrected chi connectivity index (χ3v) is 2.27. The number of aryl methyl sites for hydroxylation is 1. The highest BCUT2D eigenvalue weighted by Gasteiger charge is 2.09. The summed E-state index contributed by atoms with van der Waals surface area (Å²) >= 11 is 0. The number of rotatable bonds is 2. The molecule has 0 saturated heterocycles. The Morgan fingerprint density at radius 1 is 1.46 bits per heavy atom. The molecule has 0 amide bonds. The molecule has 0 spiro atoms. The molecule has 0 bridgehead atoms. The fourth-order valence-electron chi connectivity index (χ4n) is 1.65. The van der Waals surface area contributed by atoms with Gasteiger partial charge in [-0.15, -0.1) is 0 Å². The quantitative estimate of drug-likeness (QED) is 0.531. The Balaban J connectivity index is 0.00000169. The molecule has 0 aliphatic carbocycles. The number of benzene rings is 1. The molecule has 0 atom stereocenters. The van der Waals surface area contributed by atoms with Gasteiger partial charge in [-0.25, -0.2) is 0 Å². The first-order valence-corrected chi connectivity index (χ1v) is 4.47. The maximum Gasteiger partial charge on any atom is 0.0440 e. The minimum Gasteiger partial charge on any atom is -0.398 e. The van der Waals surface area contributed by atoms with E-state index < -0.39 is 0 Å². The van der Waals surface area contributed by atoms with Crippen molar-refractivity contribution >= 4 is 11.9 Å². The summed E-state index contributed by atoms with van der Waals surface area (Å²) in [4.78, 5) is 0. The van der Waals surface area contributed by atoms with Crippen LogP contribution in [0.3, 0.4) is 0 Å². The smallest absolute Gasteiger partial charge is 0.0440 e. The third-order valence-electron chi connectivity index (χ3n) is 2.27. The number of hydrogen-bond acceptors (Lipinski definition) is 2. The van der Waals surface area contributed by atoms with Gasteiger partial charge in [0.25, 0.3) is 0 Å². The summed E-state index contributed by atoms with van der Waals surface area (Å²) in [7, 11) is 0. The zero-order valence-corrected chi connectivity index (χ0v) is 8.39. The van der Waals surface area contributed by atoms with Crippen LogP contribution in [-0.2, 0) is 0 Å². The molecule has 1 rings (SSSR count). The molecule has 72 valence electrons. The lowest BCUT2D eigenvalue weighted by Gasteiger charge is -2.14. The van der Waals surface area contributed by atoms with Gasteiger partial charge in [0.1, 0.15) is 0 Å². The predicted molar refractivity (Wildman–Crippen MR) is 59.7 cm³/mol. The van der Waals surface area contributed by atoms with Crippen molar-refractivity contribution < 1.29 is 1.43 Å². The zero-order chi connectivity index (χ0) is 10.0. The van der Waals surface area contributed by atoms with Gasteiger partial charge in [0.05, 0.1) is 0 Å². The van der Waals surface area contributed by atoms with Crippen LogP contribution in [0.15, 0.2) is 12.1 Å². The van der Waals surface area contributed by atoms with Crippen molar-refractivity contribution in [2.75, 3.05) is 5.73 Å². The van der Waals surface area contributed by atoms with E-state index in [2.05, 4.69) is 20.8 Å². The summed E-state index contributed by atoms with van der Waals surface area (Å²) in [5.41, 5.74) is 9.89. The summed E-state index contributed by atoms with van der Waals surface area (Å²) in [5.74, 6) is 0.417. The van der Waals surface area contributed by atoms with E-state index in [1.165, 1.54) is 17.3 Å². The highest BCUT2D eigenvalue weighted by atomic mass is 14.6. The number of nitrogen functional groups attached to an aromatic ring is 1. The Morgan fingerprint density at radius 2 is 2.08 bits per heavy atom. The fourth-order valence-corrected chi connectivity index (χ4v) is 1.65. The van der Waals surface area contributed by atoms with Gasteiger partial charge in [-0.1, -0.05) is 26.0 Å². The highest BCUT2D eigenvalue weighted by Crippen LogP contribution is 2.27. The van der Waals surface area contributed by atoms with Gasteiger partial charge in [0.15, 0.2) is 0 Å². The van der Waals surface area contributed by atoms with Crippen LogP contribution in [-0.4, -0.2) is 6.21 Å². The molecule has 0 aliphatic heterocycles. The largest absolute Gasteiger partial charge is 0.398 e. The van der Waals surface area contributed by atoms with Crippen molar-refractivity contribution in [1.29, 1.82) is 5.41 Å². The molecule has 0 radical (unpaired) electrons. The lowest BCUT2D eigenvalue weighted by atomic mass is 9.94. The van der Waals surface area contributed by atoms with Crippen LogP contribution < -0.4 is 5.73 Å². The second-order valence-electron chi connectivity index (χ2n) is 3.60. The predicted octanol–water partition coefficient (Wildman–Crippen LogP) is 2.94. The first kappa shape index (κ1) is 9.78. The molecule has 0 heterocycles. The third kappa shape index (κ3) is 1.72. The number of hydrogen-bond donors (Lipinski definition) is 2. The lowest BCUT2D eigenvalue weighted by molar-refractivity contribution is 0.860. The molecule has 0 saturated carbocycles. The van der Waals surface area contributed by atoms with Gasteiger partial charge in [0.2, 0.25) is 0 Å². The van der Waals surface area contributed by atoms with Gasteiger partial charge in [0, 0.05) is 18.9 Å². The van der Waals surface area contributed by atoms with E-state index in [0.717, 1.165) is 11.3 Å². The monoisotopic (exact) mass is 178 g/mol. The first-order valence-electron chi connectivity index (χ1n) is 4.47. The molecule has 1 aromatic carbocycles. The van der Waals surface area contributed by atoms with Crippen LogP contribution in [0.25, 0.3) is 0 Å². The van der Waals surface area contributed by atoms with Crippen molar-refractivity contribution in [2.45, 2.75) is 26.7 Å². The molecule has 0 aromatic heterocycles. The van der Waals surface area contributed by atoms with E-state index >= 15 is 0 Å². The zero-order valence-electron chi connectivity index (χ0n) is 8.39. The number of anilines is 1. The summed E-state index contributed by atoms with van der Waals surface area (Å²) in [6.45, 7) is 6.29. The van der Waals surface area contributed by atoms with Crippen LogP contribution in [0, 0.1) is 12.3 Å². The topological polar surface area (TPSA) is 49.9 Å². The van der Waals surface area contributed by atoms with Crippen molar-refractivity contribution in [3.8, 4) is 0 Å². The van der Waals surface area contributed by atoms with Crippen molar-refractivity contribution in [1.82, 2.24) is 0 Å². The van der Waals surface area contributed by atoms with E-state index in [9.17, 15) is 0 Å². The molecule has 0 aliphatic rings. The SMILES string of the molecule is Cc1ccc(C=N)c(N)c1C(C)C.[HH]. The van der Waals surface area contributed by atoms with Gasteiger partial charge >= 0.3 is 0 Å². The molecule has 1 aromatic rings. The average molecular weight is 178 g/mol. The van der Waals surface area contributed by atoms with Crippen LogP contribution in [0.2, 0.25) is 0 Å². The molecule has 3 N–H and O–H groups in total. The Hall–Kier alpha value is -1.31. The standard InChI is InChI=1S/C11H16N2.H2/c1-7(2)10-8(3)4-5-9(6-12)11(10)13;/h4-7,12H,13H2,1-3H3;1H. The van der Waals surface area contributed by atoms with Gasteiger partial charge in [-0.3, -0.25) is 0 Å². The minimum atomic E-state index is 0. The van der Waals surface area contributed by atoms with E-state index in [0.29, 0.717) is 5.92 Å². The van der Waals surface area contributed by atoms with Crippen LogP contribution in [0.5, 0.6) is 0 Å². The maximum atomic E-state index is 7.19. The molecular weight excluding hydrogens is 160 g/mol. The van der Waals surface area contributed by atoms with Crippen molar-refractivity contribution in [3.05, 3.63) is 28.8 Å². The molecule has 0 unspecified atom stereocenters. The molecule has 0 fully saturated rings. The number of nitrogens with two attached hydrogens (primary N) is 1. The van der Waals surface area contributed by atoms with Crippen LogP contribution >= 0.6 is 0 Å². The Bertz CT molecular complexity index is 332. The van der Waals surface area contributed by atoms with E-state index in [-0.39, 0.29) is 1.43 Å². The maximum absolute atomic E-state index is 7.19. The lowest BCUT2D eigenvalue weighted by Crippen LogP contribution is -2.03. The van der Waals surface area contributed by atoms with Gasteiger partial charge in [-0.2, -0.15) is 0 Å². The summed E-state index contributed by atoms with van der Waals surface area (Å²) in [5, 5.41) is 7.19. The van der Waals surface area contributed by atoms with Gasteiger partial charge in [-0.05, 0) is 24.0 Å². The number of nitrogens with one attached hydrogen (secondary N) is 1. The Labute approximate surface area is 80.8 Å². The minimum absolute atomic E-state index is 0. The normalized spacial score (nSPS) is 10.5. The van der Waals surface area contributed by atoms with Crippen LogP contribution in [0.1, 0.15) is 37.9 Å². The molecule has 2 heteroatoms. The average Bonchev–Trinajstić information content (AvgIpc) is 2.04. The first-order chi connectivity index (χ1) is 6.07. The van der Waals surface area contributed by atoms with Crippen molar-refractivity contribution in [3.63, 3.8) is 0 Å². The van der Waals surface area contributed by atoms with Crippen molar-refractivity contribution in [2.24, 2.45) is 0 Å². The molecular formula is C11H18N2. The summed E-state index contributed by atoms with van der Waals surface area (Å²) in [6, 6.07) is 3.91. The fraction of sp³-hybridized carbons (Fsp3) is 0.364. The molecule has 2 nitrogen and oxygen atoms in total. The molecule has 13 heavy (non-hydrogen) atoms. The Morgan fingerprint density at radius 3 is 2.54 bits per heavy atom. The Kier molecular flexibility index (Phi) is 2.71. The second-order valence-corrected chi connectivity index (χ2v) is 3.60. The highest BCUT2D eigenvalue weighted by molar-refractivity contribution is 5.86. The van der Waals surface area contributed by atoms with E-state index in [4.69, 9.17) is 11.1 Å². The van der Waals surface area contributed by atoms with Crippen LogP contribution in [0.4, 0.5) is 5.69 Å².